The van der Waals surface area contributed by atoms with Crippen LogP contribution in [0.1, 0.15) is 40.4 Å². The average Bonchev–Trinajstić information content (AvgIpc) is 3.33. The van der Waals surface area contributed by atoms with Gasteiger partial charge in [-0.05, 0) is 54.3 Å². The molecular weight excluding hydrogens is 424 g/mol. The highest BCUT2D eigenvalue weighted by molar-refractivity contribution is 7.89. The number of ether oxygens (including phenoxy) is 1. The van der Waals surface area contributed by atoms with E-state index in [0.717, 1.165) is 29.7 Å². The molecule has 4 rings (SSSR count). The van der Waals surface area contributed by atoms with Crippen molar-refractivity contribution in [3.05, 3.63) is 95.6 Å². The van der Waals surface area contributed by atoms with Gasteiger partial charge in [0.2, 0.25) is 10.0 Å². The van der Waals surface area contributed by atoms with Crippen LogP contribution in [0.4, 0.5) is 0 Å². The topological polar surface area (TPSA) is 75.7 Å². The van der Waals surface area contributed by atoms with E-state index in [4.69, 9.17) is 4.74 Å². The first-order chi connectivity index (χ1) is 15.5. The fourth-order valence-corrected chi connectivity index (χ4v) is 5.07. The number of likely N-dealkylation sites (tertiary alicyclic amines) is 1. The Hall–Kier alpha value is -3.16. The van der Waals surface area contributed by atoms with E-state index < -0.39 is 10.0 Å². The minimum atomic E-state index is -3.75. The van der Waals surface area contributed by atoms with Gasteiger partial charge in [0.05, 0.1) is 18.0 Å². The lowest BCUT2D eigenvalue weighted by Gasteiger charge is -2.25. The van der Waals surface area contributed by atoms with Crippen LogP contribution in [0.25, 0.3) is 0 Å². The van der Waals surface area contributed by atoms with E-state index in [2.05, 4.69) is 4.72 Å². The van der Waals surface area contributed by atoms with Gasteiger partial charge in [0.1, 0.15) is 5.75 Å². The summed E-state index contributed by atoms with van der Waals surface area (Å²) in [4.78, 5) is 15.2. The monoisotopic (exact) mass is 450 g/mol. The second-order valence-corrected chi connectivity index (χ2v) is 9.53. The number of amides is 1. The van der Waals surface area contributed by atoms with Crippen molar-refractivity contribution in [3.63, 3.8) is 0 Å². The van der Waals surface area contributed by atoms with Crippen molar-refractivity contribution in [1.29, 1.82) is 0 Å². The molecule has 0 bridgehead atoms. The maximum absolute atomic E-state index is 13.3. The van der Waals surface area contributed by atoms with Crippen LogP contribution in [0.5, 0.6) is 5.75 Å². The molecule has 0 aliphatic carbocycles. The van der Waals surface area contributed by atoms with Crippen LogP contribution in [0.15, 0.2) is 83.8 Å². The number of carbonyl (C=O) groups excluding carboxylic acids is 1. The minimum Gasteiger partial charge on any atom is -0.497 e. The highest BCUT2D eigenvalue weighted by atomic mass is 32.2. The molecule has 1 atom stereocenters. The zero-order chi connectivity index (χ0) is 22.6. The maximum Gasteiger partial charge on any atom is 0.254 e. The van der Waals surface area contributed by atoms with Crippen LogP contribution < -0.4 is 9.46 Å². The number of hydrogen-bond donors (Lipinski definition) is 1. The lowest BCUT2D eigenvalue weighted by molar-refractivity contribution is 0.0735. The highest BCUT2D eigenvalue weighted by Gasteiger charge is 2.31. The second kappa shape index (κ2) is 9.54. The van der Waals surface area contributed by atoms with Gasteiger partial charge in [-0.25, -0.2) is 13.1 Å². The Labute approximate surface area is 188 Å². The lowest BCUT2D eigenvalue weighted by atomic mass is 10.0. The molecule has 0 radical (unpaired) electrons. The summed E-state index contributed by atoms with van der Waals surface area (Å²) in [5.74, 6) is 0.606. The first-order valence-electron chi connectivity index (χ1n) is 10.6. The lowest BCUT2D eigenvalue weighted by Crippen LogP contribution is -2.31. The van der Waals surface area contributed by atoms with Gasteiger partial charge in [-0.1, -0.05) is 48.5 Å². The van der Waals surface area contributed by atoms with Gasteiger partial charge in [0, 0.05) is 18.7 Å². The number of rotatable bonds is 7. The Morgan fingerprint density at radius 1 is 1.03 bits per heavy atom. The smallest absolute Gasteiger partial charge is 0.254 e. The largest absolute Gasteiger partial charge is 0.497 e. The molecule has 1 aliphatic rings. The summed E-state index contributed by atoms with van der Waals surface area (Å²) in [5.41, 5.74) is 2.28. The minimum absolute atomic E-state index is 0.0372. The van der Waals surface area contributed by atoms with E-state index in [1.807, 2.05) is 59.5 Å². The molecule has 1 saturated heterocycles. The second-order valence-electron chi connectivity index (χ2n) is 7.77. The summed E-state index contributed by atoms with van der Waals surface area (Å²) in [6, 6.07) is 23.3. The number of nitrogens with one attached hydrogen (secondary N) is 1. The van der Waals surface area contributed by atoms with E-state index in [-0.39, 0.29) is 23.4 Å². The third-order valence-corrected chi connectivity index (χ3v) is 7.11. The highest BCUT2D eigenvalue weighted by Crippen LogP contribution is 2.34. The van der Waals surface area contributed by atoms with Crippen LogP contribution in [0.3, 0.4) is 0 Å². The van der Waals surface area contributed by atoms with Crippen molar-refractivity contribution in [2.45, 2.75) is 30.3 Å². The first-order valence-corrected chi connectivity index (χ1v) is 12.0. The molecule has 7 heteroatoms. The first kappa shape index (κ1) is 22.0. The van der Waals surface area contributed by atoms with E-state index in [0.29, 0.717) is 12.1 Å². The van der Waals surface area contributed by atoms with E-state index in [9.17, 15) is 13.2 Å². The summed E-state index contributed by atoms with van der Waals surface area (Å²) in [6.45, 7) is 0.825. The zero-order valence-electron chi connectivity index (χ0n) is 17.9. The summed E-state index contributed by atoms with van der Waals surface area (Å²) in [5, 5.41) is 0. The van der Waals surface area contributed by atoms with Crippen molar-refractivity contribution in [2.24, 2.45) is 0 Å². The zero-order valence-corrected chi connectivity index (χ0v) is 18.7. The maximum atomic E-state index is 13.3. The van der Waals surface area contributed by atoms with Crippen molar-refractivity contribution in [2.75, 3.05) is 13.7 Å². The molecule has 3 aromatic rings. The van der Waals surface area contributed by atoms with Crippen molar-refractivity contribution >= 4 is 15.9 Å². The molecule has 1 amide bonds. The van der Waals surface area contributed by atoms with Crippen LogP contribution in [0, 0.1) is 0 Å². The third kappa shape index (κ3) is 4.84. The van der Waals surface area contributed by atoms with E-state index >= 15 is 0 Å². The Morgan fingerprint density at radius 2 is 1.78 bits per heavy atom. The van der Waals surface area contributed by atoms with Crippen molar-refractivity contribution in [1.82, 2.24) is 9.62 Å². The van der Waals surface area contributed by atoms with Gasteiger partial charge in [0.25, 0.3) is 5.91 Å². The fourth-order valence-electron chi connectivity index (χ4n) is 4.00. The molecule has 0 saturated carbocycles. The average molecular weight is 451 g/mol. The summed E-state index contributed by atoms with van der Waals surface area (Å²) >= 11 is 0. The van der Waals surface area contributed by atoms with Crippen LogP contribution in [0.2, 0.25) is 0 Å². The number of carbonyl (C=O) groups is 1. The van der Waals surface area contributed by atoms with Crippen molar-refractivity contribution in [3.8, 4) is 5.75 Å². The van der Waals surface area contributed by atoms with Gasteiger partial charge in [-0.15, -0.1) is 0 Å². The molecule has 0 spiro atoms. The number of nitrogens with zero attached hydrogens (tertiary/aromatic N) is 1. The quantitative estimate of drug-likeness (QED) is 0.587. The van der Waals surface area contributed by atoms with Crippen molar-refractivity contribution < 1.29 is 17.9 Å². The normalized spacial score (nSPS) is 16.2. The molecular formula is C25H26N2O4S. The number of hydrogen-bond acceptors (Lipinski definition) is 4. The number of benzene rings is 3. The molecule has 32 heavy (non-hydrogen) atoms. The van der Waals surface area contributed by atoms with Gasteiger partial charge in [0.15, 0.2) is 0 Å². The van der Waals surface area contributed by atoms with Crippen LogP contribution >= 0.6 is 0 Å². The van der Waals surface area contributed by atoms with Gasteiger partial charge in [-0.3, -0.25) is 4.79 Å². The molecule has 1 heterocycles. The SMILES string of the molecule is COc1ccc(C2CCCN2C(=O)c2cccc(S(=O)(=O)NCc3ccccc3)c2)cc1. The van der Waals surface area contributed by atoms with E-state index in [1.54, 1.807) is 19.2 Å². The Balaban J connectivity index is 1.52. The predicted octanol–water partition coefficient (Wildman–Crippen LogP) is 4.15. The fraction of sp³-hybridized carbons (Fsp3) is 0.240. The molecule has 3 aromatic carbocycles. The Bertz CT molecular complexity index is 1180. The number of methoxy groups -OCH3 is 1. The third-order valence-electron chi connectivity index (χ3n) is 5.71. The molecule has 166 valence electrons. The van der Waals surface area contributed by atoms with Gasteiger partial charge >= 0.3 is 0 Å². The molecule has 6 nitrogen and oxygen atoms in total. The van der Waals surface area contributed by atoms with Gasteiger partial charge < -0.3 is 9.64 Å². The Kier molecular flexibility index (Phi) is 6.58. The molecule has 1 fully saturated rings. The van der Waals surface area contributed by atoms with E-state index in [1.165, 1.54) is 12.1 Å². The molecule has 0 aromatic heterocycles. The molecule has 1 unspecified atom stereocenters. The van der Waals surface area contributed by atoms with Crippen LogP contribution in [-0.4, -0.2) is 32.9 Å². The Morgan fingerprint density at radius 3 is 2.50 bits per heavy atom. The molecule has 1 N–H and O–H groups in total. The summed E-state index contributed by atoms with van der Waals surface area (Å²) in [6.07, 6.45) is 1.77. The van der Waals surface area contributed by atoms with Gasteiger partial charge in [-0.2, -0.15) is 0 Å². The summed E-state index contributed by atoms with van der Waals surface area (Å²) < 4.78 is 33.4. The standard InChI is InChI=1S/C25H26N2O4S/c1-31-22-14-12-20(13-15-22)24-11-6-16-27(24)25(28)21-9-5-10-23(17-21)32(29,30)26-18-19-7-3-2-4-8-19/h2-5,7-10,12-15,17,24,26H,6,11,16,18H2,1H3. The number of sulfonamides is 1. The van der Waals surface area contributed by atoms with Crippen LogP contribution in [-0.2, 0) is 16.6 Å². The summed E-state index contributed by atoms with van der Waals surface area (Å²) in [7, 11) is -2.12. The predicted molar refractivity (Wildman–Crippen MR) is 123 cm³/mol. The molecule has 1 aliphatic heterocycles.